The highest BCUT2D eigenvalue weighted by Crippen LogP contribution is 2.34. The number of aromatic nitrogens is 2. The number of carbonyl (C=O) groups is 2. The van der Waals surface area contributed by atoms with Crippen LogP contribution in [0.15, 0.2) is 24.4 Å². The summed E-state index contributed by atoms with van der Waals surface area (Å²) in [4.78, 5) is 29.0. The van der Waals surface area contributed by atoms with Gasteiger partial charge in [0.05, 0.1) is 17.0 Å². The molecule has 2 heterocycles. The molecule has 4 nitrogen and oxygen atoms in total. The SMILES string of the molecule is CCCC(=O)Cc1c(-c2c(F)cc(C(=O)CCC)c(F)c2C)nc2cc(Cl)ccn12. The maximum Gasteiger partial charge on any atom is 0.165 e. The Morgan fingerprint density at radius 1 is 1.13 bits per heavy atom. The maximum absolute atomic E-state index is 15.2. The second kappa shape index (κ2) is 9.04. The van der Waals surface area contributed by atoms with Crippen molar-refractivity contribution in [2.75, 3.05) is 0 Å². The van der Waals surface area contributed by atoms with Crippen LogP contribution in [-0.4, -0.2) is 21.0 Å². The van der Waals surface area contributed by atoms with E-state index in [0.29, 0.717) is 35.6 Å². The zero-order chi connectivity index (χ0) is 22.0. The molecule has 30 heavy (non-hydrogen) atoms. The predicted octanol–water partition coefficient (Wildman–Crippen LogP) is 6.14. The molecule has 0 radical (unpaired) electrons. The van der Waals surface area contributed by atoms with Crippen molar-refractivity contribution in [1.82, 2.24) is 9.38 Å². The van der Waals surface area contributed by atoms with E-state index in [1.165, 1.54) is 6.92 Å². The third-order valence-corrected chi connectivity index (χ3v) is 5.28. The Bertz CT molecular complexity index is 1140. The number of benzene rings is 1. The topological polar surface area (TPSA) is 51.4 Å². The zero-order valence-electron chi connectivity index (χ0n) is 17.2. The minimum atomic E-state index is -0.759. The maximum atomic E-state index is 15.2. The Balaban J connectivity index is 2.24. The summed E-state index contributed by atoms with van der Waals surface area (Å²) in [6.45, 7) is 5.12. The second-order valence-corrected chi connectivity index (χ2v) is 7.78. The van der Waals surface area contributed by atoms with Crippen LogP contribution in [0.25, 0.3) is 16.9 Å². The lowest BCUT2D eigenvalue weighted by Gasteiger charge is -2.12. The molecule has 3 aromatic rings. The van der Waals surface area contributed by atoms with Gasteiger partial charge in [-0.25, -0.2) is 13.8 Å². The van der Waals surface area contributed by atoms with Crippen LogP contribution >= 0.6 is 11.6 Å². The van der Waals surface area contributed by atoms with E-state index in [1.54, 1.807) is 29.7 Å². The first-order valence-electron chi connectivity index (χ1n) is 9.98. The van der Waals surface area contributed by atoms with E-state index in [0.717, 1.165) is 6.07 Å². The number of hydrogen-bond acceptors (Lipinski definition) is 3. The minimum Gasteiger partial charge on any atom is -0.303 e. The number of ketones is 2. The van der Waals surface area contributed by atoms with Crippen LogP contribution < -0.4 is 0 Å². The molecule has 0 unspecified atom stereocenters. The van der Waals surface area contributed by atoms with E-state index in [2.05, 4.69) is 4.98 Å². The van der Waals surface area contributed by atoms with Crippen molar-refractivity contribution < 1.29 is 18.4 Å². The molecule has 0 aliphatic heterocycles. The first kappa shape index (κ1) is 22.1. The molecule has 0 amide bonds. The van der Waals surface area contributed by atoms with Gasteiger partial charge < -0.3 is 4.40 Å². The van der Waals surface area contributed by atoms with Crippen LogP contribution in [0.1, 0.15) is 61.1 Å². The average molecular weight is 433 g/mol. The summed E-state index contributed by atoms with van der Waals surface area (Å²) in [6.07, 6.45) is 3.43. The number of Topliss-reactive ketones (excluding diaryl/α,β-unsaturated/α-hetero) is 2. The summed E-state index contributed by atoms with van der Waals surface area (Å²) in [6, 6.07) is 4.18. The third kappa shape index (κ3) is 4.15. The summed E-state index contributed by atoms with van der Waals surface area (Å²) < 4.78 is 31.9. The lowest BCUT2D eigenvalue weighted by atomic mass is 9.95. The van der Waals surface area contributed by atoms with Crippen LogP contribution in [-0.2, 0) is 11.2 Å². The summed E-state index contributed by atoms with van der Waals surface area (Å²) in [5.74, 6) is -1.97. The standard InChI is InChI=1S/C23H23ClF2N2O2/c1-4-6-15(29)11-18-23(27-20-10-14(24)8-9-28(18)20)21-13(3)22(26)16(12-17(21)25)19(30)7-5-2/h8-10,12H,4-7,11H2,1-3H3. The Morgan fingerprint density at radius 2 is 1.83 bits per heavy atom. The van der Waals surface area contributed by atoms with Gasteiger partial charge in [-0.3, -0.25) is 9.59 Å². The first-order valence-corrected chi connectivity index (χ1v) is 10.4. The van der Waals surface area contributed by atoms with Crippen molar-refractivity contribution in [3.05, 3.63) is 57.9 Å². The van der Waals surface area contributed by atoms with E-state index >= 15 is 8.78 Å². The predicted molar refractivity (Wildman–Crippen MR) is 113 cm³/mol. The van der Waals surface area contributed by atoms with Crippen molar-refractivity contribution in [1.29, 1.82) is 0 Å². The van der Waals surface area contributed by atoms with Gasteiger partial charge in [0.15, 0.2) is 5.78 Å². The molecular weight excluding hydrogens is 410 g/mol. The molecule has 2 aromatic heterocycles. The van der Waals surface area contributed by atoms with Gasteiger partial charge in [-0.1, -0.05) is 25.4 Å². The van der Waals surface area contributed by atoms with Gasteiger partial charge in [0.1, 0.15) is 23.1 Å². The van der Waals surface area contributed by atoms with Crippen LogP contribution in [0.2, 0.25) is 5.02 Å². The van der Waals surface area contributed by atoms with Gasteiger partial charge in [0.25, 0.3) is 0 Å². The lowest BCUT2D eigenvalue weighted by molar-refractivity contribution is -0.118. The molecule has 0 bridgehead atoms. The highest BCUT2D eigenvalue weighted by molar-refractivity contribution is 6.30. The Hall–Kier alpha value is -2.60. The normalized spacial score (nSPS) is 11.3. The van der Waals surface area contributed by atoms with Crippen molar-refractivity contribution in [3.8, 4) is 11.3 Å². The molecule has 0 N–H and O–H groups in total. The molecule has 158 valence electrons. The number of pyridine rings is 1. The zero-order valence-corrected chi connectivity index (χ0v) is 17.9. The van der Waals surface area contributed by atoms with Crippen LogP contribution in [0.5, 0.6) is 0 Å². The fraction of sp³-hybridized carbons (Fsp3) is 0.348. The number of halogens is 3. The molecule has 0 fully saturated rings. The van der Waals surface area contributed by atoms with Gasteiger partial charge in [0, 0.05) is 42.1 Å². The quantitative estimate of drug-likeness (QED) is 0.402. The molecule has 0 aliphatic carbocycles. The Kier molecular flexibility index (Phi) is 6.66. The van der Waals surface area contributed by atoms with E-state index in [1.807, 2.05) is 6.92 Å². The van der Waals surface area contributed by atoms with Crippen molar-refractivity contribution in [2.24, 2.45) is 0 Å². The van der Waals surface area contributed by atoms with Gasteiger partial charge in [-0.05, 0) is 37.5 Å². The monoisotopic (exact) mass is 432 g/mol. The molecule has 0 aliphatic rings. The minimum absolute atomic E-state index is 0.00635. The lowest BCUT2D eigenvalue weighted by Crippen LogP contribution is -2.09. The molecule has 7 heteroatoms. The number of hydrogen-bond donors (Lipinski definition) is 0. The Morgan fingerprint density at radius 3 is 2.50 bits per heavy atom. The number of carbonyl (C=O) groups excluding carboxylic acids is 2. The molecule has 3 rings (SSSR count). The highest BCUT2D eigenvalue weighted by atomic mass is 35.5. The molecule has 1 aromatic carbocycles. The molecular formula is C23H23ClF2N2O2. The number of fused-ring (bicyclic) bond motifs is 1. The number of rotatable bonds is 8. The van der Waals surface area contributed by atoms with Crippen LogP contribution in [0.4, 0.5) is 8.78 Å². The number of nitrogens with zero attached hydrogens (tertiary/aromatic N) is 2. The van der Waals surface area contributed by atoms with E-state index < -0.39 is 17.4 Å². The summed E-state index contributed by atoms with van der Waals surface area (Å²) >= 11 is 6.06. The second-order valence-electron chi connectivity index (χ2n) is 7.34. The molecule has 0 saturated carbocycles. The molecule has 0 saturated heterocycles. The summed E-state index contributed by atoms with van der Waals surface area (Å²) in [5, 5.41) is 0.439. The molecule has 0 atom stereocenters. The largest absolute Gasteiger partial charge is 0.303 e. The fourth-order valence-corrected chi connectivity index (χ4v) is 3.76. The fourth-order valence-electron chi connectivity index (χ4n) is 3.60. The Labute approximate surface area is 178 Å². The van der Waals surface area contributed by atoms with E-state index in [9.17, 15) is 9.59 Å². The molecule has 0 spiro atoms. The summed E-state index contributed by atoms with van der Waals surface area (Å²) in [5.41, 5.74) is 0.778. The van der Waals surface area contributed by atoms with Crippen molar-refractivity contribution >= 4 is 28.8 Å². The van der Waals surface area contributed by atoms with Gasteiger partial charge in [-0.15, -0.1) is 0 Å². The van der Waals surface area contributed by atoms with Gasteiger partial charge in [-0.2, -0.15) is 0 Å². The first-order chi connectivity index (χ1) is 14.3. The van der Waals surface area contributed by atoms with Gasteiger partial charge in [0.2, 0.25) is 0 Å². The highest BCUT2D eigenvalue weighted by Gasteiger charge is 2.25. The van der Waals surface area contributed by atoms with E-state index in [-0.39, 0.29) is 41.0 Å². The number of imidazole rings is 1. The van der Waals surface area contributed by atoms with E-state index in [4.69, 9.17) is 11.6 Å². The third-order valence-electron chi connectivity index (χ3n) is 5.05. The summed E-state index contributed by atoms with van der Waals surface area (Å²) in [7, 11) is 0. The smallest absolute Gasteiger partial charge is 0.165 e. The average Bonchev–Trinajstić information content (AvgIpc) is 3.02. The van der Waals surface area contributed by atoms with Crippen LogP contribution in [0, 0.1) is 18.6 Å². The van der Waals surface area contributed by atoms with Crippen molar-refractivity contribution in [3.63, 3.8) is 0 Å². The van der Waals surface area contributed by atoms with Crippen molar-refractivity contribution in [2.45, 2.75) is 52.9 Å². The van der Waals surface area contributed by atoms with Crippen LogP contribution in [0.3, 0.4) is 0 Å². The van der Waals surface area contributed by atoms with Gasteiger partial charge >= 0.3 is 0 Å².